The fraction of sp³-hybridized carbons (Fsp3) is 0. The Balaban J connectivity index is 1.22. The average Bonchev–Trinajstić information content (AvgIpc) is 3.68. The molecule has 0 aliphatic carbocycles. The van der Waals surface area contributed by atoms with Gasteiger partial charge in [-0.05, 0) is 40.5 Å². The minimum Gasteiger partial charge on any atom is -0.275 e. The van der Waals surface area contributed by atoms with Crippen molar-refractivity contribution in [3.8, 4) is 50.7 Å². The summed E-state index contributed by atoms with van der Waals surface area (Å²) in [4.78, 5) is 0. The molecule has 0 saturated heterocycles. The highest BCUT2D eigenvalue weighted by Crippen LogP contribution is 2.40. The van der Waals surface area contributed by atoms with Gasteiger partial charge in [0.15, 0.2) is 11.6 Å². The molecule has 3 nitrogen and oxygen atoms in total. The van der Waals surface area contributed by atoms with Crippen LogP contribution in [0.2, 0.25) is 0 Å². The molecular weight excluding hydrogens is 531 g/mol. The SMILES string of the molecule is c1ccc(-c2ccc(-n3c(-c4ccccc4)nnc3-c3ccc(-c4cccc5c4sc4ccccc45)cc3)cc2)cc1. The zero-order chi connectivity index (χ0) is 27.9. The number of benzene rings is 6. The lowest BCUT2D eigenvalue weighted by Crippen LogP contribution is -2.00. The van der Waals surface area contributed by atoms with E-state index >= 15 is 0 Å². The molecule has 0 radical (unpaired) electrons. The number of fused-ring (bicyclic) bond motifs is 3. The number of nitrogens with zero attached hydrogens (tertiary/aromatic N) is 3. The molecule has 198 valence electrons. The fourth-order valence-corrected chi connectivity index (χ4v) is 6.94. The van der Waals surface area contributed by atoms with Gasteiger partial charge >= 0.3 is 0 Å². The summed E-state index contributed by atoms with van der Waals surface area (Å²) in [5, 5.41) is 12.0. The van der Waals surface area contributed by atoms with Gasteiger partial charge in [0, 0.05) is 37.0 Å². The Labute approximate surface area is 248 Å². The average molecular weight is 556 g/mol. The predicted molar refractivity (Wildman–Crippen MR) is 176 cm³/mol. The molecule has 2 heterocycles. The minimum atomic E-state index is 0.813. The lowest BCUT2D eigenvalue weighted by molar-refractivity contribution is 1.07. The molecule has 8 aromatic rings. The van der Waals surface area contributed by atoms with Crippen LogP contribution >= 0.6 is 11.3 Å². The van der Waals surface area contributed by atoms with Crippen molar-refractivity contribution in [2.45, 2.75) is 0 Å². The van der Waals surface area contributed by atoms with Crippen molar-refractivity contribution in [2.24, 2.45) is 0 Å². The number of hydrogen-bond acceptors (Lipinski definition) is 3. The van der Waals surface area contributed by atoms with Gasteiger partial charge in [-0.25, -0.2) is 0 Å². The van der Waals surface area contributed by atoms with Gasteiger partial charge < -0.3 is 0 Å². The van der Waals surface area contributed by atoms with Gasteiger partial charge in [-0.1, -0.05) is 133 Å². The van der Waals surface area contributed by atoms with Crippen LogP contribution in [-0.2, 0) is 0 Å². The molecule has 0 bridgehead atoms. The van der Waals surface area contributed by atoms with Gasteiger partial charge in [-0.3, -0.25) is 4.57 Å². The Kier molecular flexibility index (Phi) is 5.98. The van der Waals surface area contributed by atoms with Crippen LogP contribution in [0.15, 0.2) is 152 Å². The van der Waals surface area contributed by atoms with E-state index in [0.717, 1.165) is 28.5 Å². The molecule has 6 aromatic carbocycles. The molecule has 0 N–H and O–H groups in total. The van der Waals surface area contributed by atoms with Crippen LogP contribution in [-0.4, -0.2) is 14.8 Å². The molecule has 4 heteroatoms. The topological polar surface area (TPSA) is 30.7 Å². The highest BCUT2D eigenvalue weighted by atomic mass is 32.1. The van der Waals surface area contributed by atoms with Crippen LogP contribution in [0.1, 0.15) is 0 Å². The van der Waals surface area contributed by atoms with Crippen molar-refractivity contribution in [2.75, 3.05) is 0 Å². The van der Waals surface area contributed by atoms with E-state index < -0.39 is 0 Å². The maximum Gasteiger partial charge on any atom is 0.168 e. The Bertz CT molecular complexity index is 2160. The normalized spacial score (nSPS) is 11.3. The maximum absolute atomic E-state index is 4.72. The Morgan fingerprint density at radius 3 is 1.64 bits per heavy atom. The second-order valence-electron chi connectivity index (χ2n) is 10.3. The monoisotopic (exact) mass is 555 g/mol. The zero-order valence-electron chi connectivity index (χ0n) is 22.7. The van der Waals surface area contributed by atoms with E-state index in [4.69, 9.17) is 5.10 Å². The van der Waals surface area contributed by atoms with Crippen molar-refractivity contribution >= 4 is 31.5 Å². The largest absolute Gasteiger partial charge is 0.275 e. The van der Waals surface area contributed by atoms with Gasteiger partial charge in [0.1, 0.15) is 0 Å². The molecule has 8 rings (SSSR count). The zero-order valence-corrected chi connectivity index (χ0v) is 23.5. The summed E-state index contributed by atoms with van der Waals surface area (Å²) in [7, 11) is 0. The third-order valence-corrected chi connectivity index (χ3v) is 9.01. The second kappa shape index (κ2) is 10.3. The first-order valence-electron chi connectivity index (χ1n) is 14.0. The molecule has 2 aromatic heterocycles. The third-order valence-electron chi connectivity index (χ3n) is 7.79. The van der Waals surface area contributed by atoms with E-state index in [-0.39, 0.29) is 0 Å². The highest BCUT2D eigenvalue weighted by molar-refractivity contribution is 7.26. The predicted octanol–water partition coefficient (Wildman–Crippen LogP) is 10.3. The van der Waals surface area contributed by atoms with Crippen LogP contribution in [0.3, 0.4) is 0 Å². The summed E-state index contributed by atoms with van der Waals surface area (Å²) in [5.74, 6) is 1.63. The molecule has 0 saturated carbocycles. The summed E-state index contributed by atoms with van der Waals surface area (Å²) in [6.45, 7) is 0. The van der Waals surface area contributed by atoms with E-state index in [1.54, 1.807) is 0 Å². The molecule has 0 amide bonds. The van der Waals surface area contributed by atoms with Crippen molar-refractivity contribution in [1.82, 2.24) is 14.8 Å². The maximum atomic E-state index is 4.72. The summed E-state index contributed by atoms with van der Waals surface area (Å²) in [6.07, 6.45) is 0. The van der Waals surface area contributed by atoms with Gasteiger partial charge in [0.2, 0.25) is 0 Å². The summed E-state index contributed by atoms with van der Waals surface area (Å²) in [5.41, 5.74) is 7.88. The van der Waals surface area contributed by atoms with Crippen LogP contribution in [0.5, 0.6) is 0 Å². The number of rotatable bonds is 5. The molecule has 0 aliphatic heterocycles. The van der Waals surface area contributed by atoms with E-state index in [2.05, 4.69) is 137 Å². The molecule has 42 heavy (non-hydrogen) atoms. The molecule has 0 aliphatic rings. The van der Waals surface area contributed by atoms with Crippen molar-refractivity contribution in [1.29, 1.82) is 0 Å². The van der Waals surface area contributed by atoms with Crippen LogP contribution in [0, 0.1) is 0 Å². The number of hydrogen-bond donors (Lipinski definition) is 0. The first-order valence-corrected chi connectivity index (χ1v) is 14.8. The van der Waals surface area contributed by atoms with E-state index in [9.17, 15) is 0 Å². The van der Waals surface area contributed by atoms with Crippen molar-refractivity contribution in [3.63, 3.8) is 0 Å². The first-order chi connectivity index (χ1) is 20.8. The van der Waals surface area contributed by atoms with Crippen LogP contribution in [0.4, 0.5) is 0 Å². The standard InChI is InChI=1S/C38H25N3S/c1-3-10-26(11-4-1)27-22-24-31(25-23-27)41-37(29-12-5-2-6-13-29)39-40-38(41)30-20-18-28(19-21-30)32-15-9-16-34-33-14-7-8-17-35(33)42-36(32)34/h1-25H. The Morgan fingerprint density at radius 1 is 0.405 bits per heavy atom. The summed E-state index contributed by atoms with van der Waals surface area (Å²) < 4.78 is 4.79. The molecule has 0 unspecified atom stereocenters. The number of aromatic nitrogens is 3. The van der Waals surface area contributed by atoms with Gasteiger partial charge in [0.05, 0.1) is 0 Å². The molecule has 0 fully saturated rings. The van der Waals surface area contributed by atoms with Crippen LogP contribution in [0.25, 0.3) is 70.9 Å². The smallest absolute Gasteiger partial charge is 0.168 e. The Morgan fingerprint density at radius 2 is 0.929 bits per heavy atom. The minimum absolute atomic E-state index is 0.813. The first kappa shape index (κ1) is 24.5. The number of thiophene rings is 1. The quantitative estimate of drug-likeness (QED) is 0.211. The van der Waals surface area contributed by atoms with Gasteiger partial charge in [0.25, 0.3) is 0 Å². The lowest BCUT2D eigenvalue weighted by atomic mass is 10.0. The molecule has 0 atom stereocenters. The van der Waals surface area contributed by atoms with E-state index in [1.807, 2.05) is 35.6 Å². The van der Waals surface area contributed by atoms with Gasteiger partial charge in [-0.15, -0.1) is 21.5 Å². The van der Waals surface area contributed by atoms with E-state index in [1.165, 1.54) is 42.4 Å². The molecule has 0 spiro atoms. The van der Waals surface area contributed by atoms with E-state index in [0.29, 0.717) is 0 Å². The second-order valence-corrected chi connectivity index (χ2v) is 11.4. The summed E-state index contributed by atoms with van der Waals surface area (Å²) in [6, 6.07) is 53.3. The third kappa shape index (κ3) is 4.21. The Hall–Kier alpha value is -5.32. The van der Waals surface area contributed by atoms with Crippen molar-refractivity contribution in [3.05, 3.63) is 152 Å². The molecular formula is C38H25N3S. The lowest BCUT2D eigenvalue weighted by Gasteiger charge is -2.12. The fourth-order valence-electron chi connectivity index (χ4n) is 5.70. The summed E-state index contributed by atoms with van der Waals surface area (Å²) >= 11 is 1.86. The van der Waals surface area contributed by atoms with Crippen molar-refractivity contribution < 1.29 is 0 Å². The van der Waals surface area contributed by atoms with Gasteiger partial charge in [-0.2, -0.15) is 0 Å². The highest BCUT2D eigenvalue weighted by Gasteiger charge is 2.18. The van der Waals surface area contributed by atoms with Crippen LogP contribution < -0.4 is 0 Å².